The first-order valence-electron chi connectivity index (χ1n) is 11.4. The van der Waals surface area contributed by atoms with Gasteiger partial charge in [-0.25, -0.2) is 14.8 Å². The standard InChI is InChI=1S/C27H31N5O3/c1-26(2,3)35-25(34)32-27(4,5)21-10-8-19(9-11-21)23-20(16-28)17-29-24(31-23)30-22-12-6-18(7-13-22)14-15-33/h6-13,17,33H,14-15H2,1-5H3,(H,32,34)(H,29,30,31). The normalized spacial score (nSPS) is 11.5. The average Bonchev–Trinajstić information content (AvgIpc) is 2.79. The Morgan fingerprint density at radius 3 is 2.29 bits per heavy atom. The maximum atomic E-state index is 12.3. The van der Waals surface area contributed by atoms with Gasteiger partial charge in [0.05, 0.1) is 23.0 Å². The molecule has 0 fully saturated rings. The molecule has 0 aliphatic rings. The van der Waals surface area contributed by atoms with E-state index < -0.39 is 17.2 Å². The Hall–Kier alpha value is -3.96. The fourth-order valence-corrected chi connectivity index (χ4v) is 3.43. The molecule has 2 aromatic carbocycles. The lowest BCUT2D eigenvalue weighted by molar-refractivity contribution is 0.0470. The second-order valence-electron chi connectivity index (χ2n) is 9.69. The number of nitrogens with zero attached hydrogens (tertiary/aromatic N) is 3. The third kappa shape index (κ3) is 7.01. The minimum atomic E-state index is -0.667. The second kappa shape index (κ2) is 10.5. The molecule has 0 saturated heterocycles. The van der Waals surface area contributed by atoms with Crippen LogP contribution in [0.2, 0.25) is 0 Å². The Balaban J connectivity index is 1.81. The minimum absolute atomic E-state index is 0.0991. The molecule has 0 saturated carbocycles. The van der Waals surface area contributed by atoms with Crippen molar-refractivity contribution in [3.63, 3.8) is 0 Å². The highest BCUT2D eigenvalue weighted by Gasteiger charge is 2.26. The Morgan fingerprint density at radius 1 is 1.06 bits per heavy atom. The van der Waals surface area contributed by atoms with Crippen LogP contribution >= 0.6 is 0 Å². The van der Waals surface area contributed by atoms with Crippen molar-refractivity contribution in [3.8, 4) is 17.3 Å². The van der Waals surface area contributed by atoms with Crippen molar-refractivity contribution < 1.29 is 14.6 Å². The summed E-state index contributed by atoms with van der Waals surface area (Å²) in [7, 11) is 0. The van der Waals surface area contributed by atoms with Crippen LogP contribution in [0, 0.1) is 11.3 Å². The fraction of sp³-hybridized carbons (Fsp3) is 0.333. The van der Waals surface area contributed by atoms with E-state index in [0.29, 0.717) is 23.6 Å². The molecule has 8 nitrogen and oxygen atoms in total. The summed E-state index contributed by atoms with van der Waals surface area (Å²) in [5.41, 5.74) is 3.07. The summed E-state index contributed by atoms with van der Waals surface area (Å²) in [5.74, 6) is 0.366. The Labute approximate surface area is 206 Å². The van der Waals surface area contributed by atoms with Gasteiger partial charge in [0.15, 0.2) is 0 Å². The maximum absolute atomic E-state index is 12.3. The highest BCUT2D eigenvalue weighted by atomic mass is 16.6. The number of nitrogens with one attached hydrogen (secondary N) is 2. The molecule has 3 rings (SSSR count). The van der Waals surface area contributed by atoms with Crippen molar-refractivity contribution in [2.45, 2.75) is 52.2 Å². The molecule has 182 valence electrons. The molecule has 0 unspecified atom stereocenters. The van der Waals surface area contributed by atoms with Gasteiger partial charge in [-0.15, -0.1) is 0 Å². The number of carbonyl (C=O) groups is 1. The van der Waals surface area contributed by atoms with Crippen molar-refractivity contribution >= 4 is 17.7 Å². The quantitative estimate of drug-likeness (QED) is 0.439. The van der Waals surface area contributed by atoms with Crippen LogP contribution in [0.4, 0.5) is 16.4 Å². The molecule has 1 aromatic heterocycles. The molecule has 0 atom stereocenters. The average molecular weight is 474 g/mol. The third-order valence-electron chi connectivity index (χ3n) is 5.21. The number of carbonyl (C=O) groups excluding carboxylic acids is 1. The minimum Gasteiger partial charge on any atom is -0.444 e. The maximum Gasteiger partial charge on any atom is 0.408 e. The molecular weight excluding hydrogens is 442 g/mol. The summed E-state index contributed by atoms with van der Waals surface area (Å²) in [6, 6.07) is 17.3. The molecule has 0 spiro atoms. The SMILES string of the molecule is CC(C)(C)OC(=O)NC(C)(C)c1ccc(-c2nc(Nc3ccc(CCO)cc3)ncc2C#N)cc1. The van der Waals surface area contributed by atoms with Crippen LogP contribution < -0.4 is 10.6 Å². The molecule has 1 amide bonds. The van der Waals surface area contributed by atoms with Crippen molar-refractivity contribution in [1.82, 2.24) is 15.3 Å². The topological polar surface area (TPSA) is 120 Å². The smallest absolute Gasteiger partial charge is 0.408 e. The van der Waals surface area contributed by atoms with E-state index in [1.807, 2.05) is 83.1 Å². The summed E-state index contributed by atoms with van der Waals surface area (Å²) in [6.07, 6.45) is 1.60. The molecular formula is C27H31N5O3. The number of ether oxygens (including phenoxy) is 1. The first-order valence-corrected chi connectivity index (χ1v) is 11.4. The van der Waals surface area contributed by atoms with Crippen molar-refractivity contribution in [1.29, 1.82) is 5.26 Å². The largest absolute Gasteiger partial charge is 0.444 e. The molecule has 0 bridgehead atoms. The summed E-state index contributed by atoms with van der Waals surface area (Å²) in [4.78, 5) is 21.1. The molecule has 0 aliphatic carbocycles. The van der Waals surface area contributed by atoms with E-state index in [0.717, 1.165) is 22.4 Å². The fourth-order valence-electron chi connectivity index (χ4n) is 3.43. The zero-order valence-electron chi connectivity index (χ0n) is 20.7. The van der Waals surface area contributed by atoms with Gasteiger partial charge in [0.2, 0.25) is 5.95 Å². The van der Waals surface area contributed by atoms with Gasteiger partial charge in [-0.3, -0.25) is 0 Å². The number of aliphatic hydroxyl groups is 1. The van der Waals surface area contributed by atoms with Crippen molar-refractivity contribution in [2.75, 3.05) is 11.9 Å². The molecule has 8 heteroatoms. The Morgan fingerprint density at radius 2 is 1.71 bits per heavy atom. The predicted octanol–water partition coefficient (Wildman–Crippen LogP) is 5.05. The van der Waals surface area contributed by atoms with Gasteiger partial charge in [-0.05, 0) is 64.3 Å². The third-order valence-corrected chi connectivity index (χ3v) is 5.21. The van der Waals surface area contributed by atoms with Gasteiger partial charge in [-0.1, -0.05) is 36.4 Å². The summed E-state index contributed by atoms with van der Waals surface area (Å²) >= 11 is 0. The van der Waals surface area contributed by atoms with E-state index >= 15 is 0 Å². The number of aliphatic hydroxyl groups excluding tert-OH is 1. The number of amides is 1. The van der Waals surface area contributed by atoms with Gasteiger partial charge in [0, 0.05) is 17.9 Å². The number of hydrogen-bond donors (Lipinski definition) is 3. The first-order chi connectivity index (χ1) is 16.5. The van der Waals surface area contributed by atoms with Crippen molar-refractivity contribution in [2.24, 2.45) is 0 Å². The van der Waals surface area contributed by atoms with E-state index in [1.165, 1.54) is 6.20 Å². The summed E-state index contributed by atoms with van der Waals surface area (Å²) in [6.45, 7) is 9.34. The lowest BCUT2D eigenvalue weighted by Crippen LogP contribution is -2.43. The lowest BCUT2D eigenvalue weighted by atomic mass is 9.93. The monoisotopic (exact) mass is 473 g/mol. The molecule has 3 aromatic rings. The van der Waals surface area contributed by atoms with Gasteiger partial charge >= 0.3 is 6.09 Å². The van der Waals surface area contributed by atoms with Crippen LogP contribution in [0.3, 0.4) is 0 Å². The van der Waals surface area contributed by atoms with Crippen LogP contribution in [0.5, 0.6) is 0 Å². The summed E-state index contributed by atoms with van der Waals surface area (Å²) < 4.78 is 5.38. The van der Waals surface area contributed by atoms with Crippen molar-refractivity contribution in [3.05, 3.63) is 71.4 Å². The summed E-state index contributed by atoms with van der Waals surface area (Å²) in [5, 5.41) is 24.7. The van der Waals surface area contributed by atoms with Gasteiger partial charge < -0.3 is 20.5 Å². The lowest BCUT2D eigenvalue weighted by Gasteiger charge is -2.29. The molecule has 0 aliphatic heterocycles. The van der Waals surface area contributed by atoms with E-state index in [9.17, 15) is 10.1 Å². The first kappa shape index (κ1) is 25.7. The number of anilines is 2. The van der Waals surface area contributed by atoms with Gasteiger partial charge in [0.1, 0.15) is 11.7 Å². The Bertz CT molecular complexity index is 1210. The number of alkyl carbamates (subject to hydrolysis) is 1. The van der Waals surface area contributed by atoms with E-state index in [4.69, 9.17) is 9.84 Å². The molecule has 0 radical (unpaired) electrons. The second-order valence-corrected chi connectivity index (χ2v) is 9.69. The van der Waals surface area contributed by atoms with Crippen LogP contribution in [0.15, 0.2) is 54.7 Å². The van der Waals surface area contributed by atoms with Crippen LogP contribution in [-0.2, 0) is 16.7 Å². The van der Waals surface area contributed by atoms with E-state index in [1.54, 1.807) is 0 Å². The van der Waals surface area contributed by atoms with Gasteiger partial charge in [-0.2, -0.15) is 5.26 Å². The van der Waals surface area contributed by atoms with Crippen LogP contribution in [0.1, 0.15) is 51.3 Å². The number of aromatic nitrogens is 2. The number of nitriles is 1. The van der Waals surface area contributed by atoms with Gasteiger partial charge in [0.25, 0.3) is 0 Å². The van der Waals surface area contributed by atoms with E-state index in [-0.39, 0.29) is 6.61 Å². The molecule has 1 heterocycles. The van der Waals surface area contributed by atoms with Crippen LogP contribution in [-0.4, -0.2) is 33.4 Å². The molecule has 3 N–H and O–H groups in total. The highest BCUT2D eigenvalue weighted by Crippen LogP contribution is 2.27. The van der Waals surface area contributed by atoms with E-state index in [2.05, 4.69) is 26.7 Å². The van der Waals surface area contributed by atoms with Crippen LogP contribution in [0.25, 0.3) is 11.3 Å². The zero-order chi connectivity index (χ0) is 25.6. The zero-order valence-corrected chi connectivity index (χ0v) is 20.7. The number of rotatable bonds is 7. The highest BCUT2D eigenvalue weighted by molar-refractivity contribution is 5.70. The molecule has 35 heavy (non-hydrogen) atoms. The predicted molar refractivity (Wildman–Crippen MR) is 135 cm³/mol. The number of hydrogen-bond acceptors (Lipinski definition) is 7. The Kier molecular flexibility index (Phi) is 7.72. The number of benzene rings is 2.